The number of hydrogen-bond donors (Lipinski definition) is 1. The maximum atomic E-state index is 13.1. The van der Waals surface area contributed by atoms with E-state index in [4.69, 9.17) is 14.2 Å². The lowest BCUT2D eigenvalue weighted by atomic mass is 9.79. The van der Waals surface area contributed by atoms with Crippen molar-refractivity contribution in [3.8, 4) is 17.2 Å². The van der Waals surface area contributed by atoms with Crippen LogP contribution in [0.3, 0.4) is 0 Å². The first-order valence-corrected chi connectivity index (χ1v) is 11.7. The minimum atomic E-state index is -0.566. The molecule has 0 saturated heterocycles. The number of nitrogens with one attached hydrogen (secondary N) is 1. The van der Waals surface area contributed by atoms with E-state index in [0.717, 1.165) is 16.9 Å². The molecule has 36 heavy (non-hydrogen) atoms. The quantitative estimate of drug-likeness (QED) is 0.473. The zero-order chi connectivity index (χ0) is 24.8. The molecule has 4 aromatic rings. The van der Waals surface area contributed by atoms with Gasteiger partial charge in [-0.25, -0.2) is 9.78 Å². The van der Waals surface area contributed by atoms with Crippen molar-refractivity contribution in [1.82, 2.24) is 14.5 Å². The molecule has 1 aliphatic heterocycles. The summed E-state index contributed by atoms with van der Waals surface area (Å²) >= 11 is 0. The van der Waals surface area contributed by atoms with Crippen molar-refractivity contribution in [1.29, 1.82) is 0 Å². The molecule has 0 spiro atoms. The van der Waals surface area contributed by atoms with Crippen molar-refractivity contribution >= 4 is 16.8 Å². The predicted octanol–water partition coefficient (Wildman–Crippen LogP) is 2.83. The van der Waals surface area contributed by atoms with E-state index in [1.165, 1.54) is 10.8 Å². The number of pyridine rings is 1. The third kappa shape index (κ3) is 3.73. The maximum absolute atomic E-state index is 13.1. The number of fused-ring (bicyclic) bond motifs is 4. The lowest BCUT2D eigenvalue weighted by molar-refractivity contribution is 0.0964. The van der Waals surface area contributed by atoms with Crippen LogP contribution >= 0.6 is 0 Å². The number of methoxy groups -OCH3 is 1. The first-order valence-electron chi connectivity index (χ1n) is 11.7. The standard InChI is InChI=1S/C27H23N3O6/c1-34-18-5-3-16(4-6-18)17-11-19-20(21(31)12-17)13-28-25-24(19)26(32)29-27(33)30(25)14-15-2-7-22-23(10-15)36-9-8-35-22/h2-7,10,13,17H,8-9,11-12,14H2,1H3,(H,29,32,33). The lowest BCUT2D eigenvalue weighted by Gasteiger charge is -2.25. The average molecular weight is 485 g/mol. The van der Waals surface area contributed by atoms with Gasteiger partial charge in [0.25, 0.3) is 5.56 Å². The smallest absolute Gasteiger partial charge is 0.330 e. The van der Waals surface area contributed by atoms with E-state index in [1.54, 1.807) is 13.2 Å². The van der Waals surface area contributed by atoms with Crippen molar-refractivity contribution in [2.45, 2.75) is 25.3 Å². The normalized spacial score (nSPS) is 16.6. The van der Waals surface area contributed by atoms with Gasteiger partial charge in [-0.05, 0) is 53.3 Å². The molecule has 2 aromatic heterocycles. The summed E-state index contributed by atoms with van der Waals surface area (Å²) in [5.74, 6) is 1.82. The number of nitrogens with zero attached hydrogens (tertiary/aromatic N) is 2. The molecule has 0 fully saturated rings. The van der Waals surface area contributed by atoms with E-state index in [0.29, 0.717) is 48.7 Å². The van der Waals surface area contributed by atoms with Gasteiger partial charge in [0, 0.05) is 18.2 Å². The van der Waals surface area contributed by atoms with Crippen LogP contribution in [0, 0.1) is 0 Å². The van der Waals surface area contributed by atoms with Gasteiger partial charge in [0.15, 0.2) is 17.3 Å². The minimum Gasteiger partial charge on any atom is -0.497 e. The maximum Gasteiger partial charge on any atom is 0.330 e. The molecule has 1 atom stereocenters. The van der Waals surface area contributed by atoms with Crippen LogP contribution in [0.25, 0.3) is 11.0 Å². The number of aromatic amines is 1. The molecule has 1 aliphatic carbocycles. The van der Waals surface area contributed by atoms with E-state index >= 15 is 0 Å². The van der Waals surface area contributed by atoms with Crippen molar-refractivity contribution in [2.24, 2.45) is 0 Å². The number of ether oxygens (including phenoxy) is 3. The average Bonchev–Trinajstić information content (AvgIpc) is 2.90. The monoisotopic (exact) mass is 485 g/mol. The molecule has 6 rings (SSSR count). The van der Waals surface area contributed by atoms with Gasteiger partial charge in [-0.15, -0.1) is 0 Å². The highest BCUT2D eigenvalue weighted by Crippen LogP contribution is 2.35. The van der Waals surface area contributed by atoms with Crippen LogP contribution in [0.15, 0.2) is 58.3 Å². The van der Waals surface area contributed by atoms with Crippen LogP contribution in [0.5, 0.6) is 17.2 Å². The molecule has 0 saturated carbocycles. The fourth-order valence-electron chi connectivity index (χ4n) is 5.04. The Labute approximate surface area is 205 Å². The number of ketones is 1. The summed E-state index contributed by atoms with van der Waals surface area (Å²) in [4.78, 5) is 45.8. The van der Waals surface area contributed by atoms with Gasteiger partial charge in [-0.3, -0.25) is 19.1 Å². The van der Waals surface area contributed by atoms with Crippen LogP contribution in [0.2, 0.25) is 0 Å². The van der Waals surface area contributed by atoms with Crippen LogP contribution in [0.1, 0.15) is 39.4 Å². The summed E-state index contributed by atoms with van der Waals surface area (Å²) in [5, 5.41) is 0.274. The van der Waals surface area contributed by atoms with Gasteiger partial charge in [0.05, 0.1) is 19.0 Å². The van der Waals surface area contributed by atoms with Gasteiger partial charge in [-0.2, -0.15) is 0 Å². The second kappa shape index (κ2) is 8.67. The Morgan fingerprint density at radius 3 is 2.58 bits per heavy atom. The van der Waals surface area contributed by atoms with Gasteiger partial charge >= 0.3 is 5.69 Å². The largest absolute Gasteiger partial charge is 0.497 e. The first-order chi connectivity index (χ1) is 17.5. The summed E-state index contributed by atoms with van der Waals surface area (Å²) in [6, 6.07) is 13.1. The summed E-state index contributed by atoms with van der Waals surface area (Å²) < 4.78 is 17.9. The molecular formula is C27H23N3O6. The highest BCUT2D eigenvalue weighted by molar-refractivity contribution is 6.02. The van der Waals surface area contributed by atoms with Gasteiger partial charge in [0.1, 0.15) is 24.6 Å². The van der Waals surface area contributed by atoms with Gasteiger partial charge < -0.3 is 14.2 Å². The molecule has 1 unspecified atom stereocenters. The third-order valence-corrected chi connectivity index (χ3v) is 6.83. The van der Waals surface area contributed by atoms with Gasteiger partial charge in [0.2, 0.25) is 0 Å². The summed E-state index contributed by atoms with van der Waals surface area (Å²) in [5.41, 5.74) is 1.98. The van der Waals surface area contributed by atoms with Crippen LogP contribution in [-0.4, -0.2) is 40.6 Å². The number of carbonyl (C=O) groups is 1. The van der Waals surface area contributed by atoms with Crippen molar-refractivity contribution in [3.63, 3.8) is 0 Å². The molecule has 9 nitrogen and oxygen atoms in total. The number of hydrogen-bond acceptors (Lipinski definition) is 7. The highest BCUT2D eigenvalue weighted by Gasteiger charge is 2.30. The number of aromatic nitrogens is 3. The van der Waals surface area contributed by atoms with Crippen molar-refractivity contribution < 1.29 is 19.0 Å². The molecule has 1 N–H and O–H groups in total. The lowest BCUT2D eigenvalue weighted by Crippen LogP contribution is -2.33. The number of rotatable bonds is 4. The topological polar surface area (TPSA) is 113 Å². The predicted molar refractivity (Wildman–Crippen MR) is 132 cm³/mol. The second-order valence-electron chi connectivity index (χ2n) is 8.97. The van der Waals surface area contributed by atoms with Crippen LogP contribution < -0.4 is 25.5 Å². The summed E-state index contributed by atoms with van der Waals surface area (Å²) in [6.45, 7) is 1.11. The Bertz CT molecular complexity index is 1620. The fourth-order valence-corrected chi connectivity index (χ4v) is 5.04. The molecule has 0 amide bonds. The fraction of sp³-hybridized carbons (Fsp3) is 0.259. The molecule has 3 heterocycles. The Kier molecular flexibility index (Phi) is 5.32. The zero-order valence-corrected chi connectivity index (χ0v) is 19.6. The van der Waals surface area contributed by atoms with E-state index in [-0.39, 0.29) is 29.3 Å². The zero-order valence-electron chi connectivity index (χ0n) is 19.6. The summed E-state index contributed by atoms with van der Waals surface area (Å²) in [7, 11) is 1.60. The van der Waals surface area contributed by atoms with Crippen molar-refractivity contribution in [3.05, 3.63) is 91.8 Å². The molecule has 0 bridgehead atoms. The first kappa shape index (κ1) is 22.1. The number of carbonyl (C=O) groups excluding carboxylic acids is 1. The van der Waals surface area contributed by atoms with Crippen LogP contribution in [-0.2, 0) is 13.0 Å². The third-order valence-electron chi connectivity index (χ3n) is 6.83. The molecular weight excluding hydrogens is 462 g/mol. The molecule has 9 heteroatoms. The number of Topliss-reactive ketones (excluding diaryl/α,β-unsaturated/α-hetero) is 1. The Morgan fingerprint density at radius 2 is 1.81 bits per heavy atom. The minimum absolute atomic E-state index is 0.0737. The van der Waals surface area contributed by atoms with Crippen LogP contribution in [0.4, 0.5) is 0 Å². The molecule has 0 radical (unpaired) electrons. The van der Waals surface area contributed by atoms with E-state index in [9.17, 15) is 14.4 Å². The Hall–Kier alpha value is -4.40. The second-order valence-corrected chi connectivity index (χ2v) is 8.97. The number of H-pyrrole nitrogens is 1. The van der Waals surface area contributed by atoms with E-state index in [1.807, 2.05) is 36.4 Å². The molecule has 2 aliphatic rings. The van der Waals surface area contributed by atoms with E-state index < -0.39 is 11.2 Å². The molecule has 2 aromatic carbocycles. The SMILES string of the molecule is COc1ccc(C2CC(=O)c3cnc4c(c3C2)c(=O)[nH]c(=O)n4Cc2ccc3c(c2)OCCO3)cc1. The van der Waals surface area contributed by atoms with E-state index in [2.05, 4.69) is 9.97 Å². The summed E-state index contributed by atoms with van der Waals surface area (Å²) in [6.07, 6.45) is 2.29. The number of benzene rings is 2. The Morgan fingerprint density at radius 1 is 1.03 bits per heavy atom. The highest BCUT2D eigenvalue weighted by atomic mass is 16.6. The van der Waals surface area contributed by atoms with Gasteiger partial charge in [-0.1, -0.05) is 18.2 Å². The van der Waals surface area contributed by atoms with Crippen molar-refractivity contribution in [2.75, 3.05) is 20.3 Å². The molecule has 182 valence electrons. The Balaban J connectivity index is 1.44.